The molecule has 3 rings (SSSR count). The molecule has 4 nitrogen and oxygen atoms in total. The molecule has 1 heterocycles. The number of carboxylic acids is 1. The lowest BCUT2D eigenvalue weighted by atomic mass is 10.1. The van der Waals surface area contributed by atoms with E-state index in [9.17, 15) is 14.7 Å². The topological polar surface area (TPSA) is 57.6 Å². The Morgan fingerprint density at radius 1 is 1.22 bits per heavy atom. The molecule has 0 saturated heterocycles. The summed E-state index contributed by atoms with van der Waals surface area (Å²) in [4.78, 5) is 26.2. The molecule has 1 amide bonds. The monoisotopic (exact) mass is 345 g/mol. The van der Waals surface area contributed by atoms with Gasteiger partial charge in [0.05, 0.1) is 11.4 Å². The minimum atomic E-state index is -1.10. The van der Waals surface area contributed by atoms with Crippen molar-refractivity contribution in [3.8, 4) is 0 Å². The van der Waals surface area contributed by atoms with Crippen molar-refractivity contribution in [1.82, 2.24) is 0 Å². The molecule has 2 aromatic rings. The lowest BCUT2D eigenvalue weighted by Crippen LogP contribution is -2.23. The summed E-state index contributed by atoms with van der Waals surface area (Å²) in [6, 6.07) is 12.2. The second-order valence-electron chi connectivity index (χ2n) is 4.87. The predicted molar refractivity (Wildman–Crippen MR) is 92.1 cm³/mol. The summed E-state index contributed by atoms with van der Waals surface area (Å²) < 4.78 is 0. The summed E-state index contributed by atoms with van der Waals surface area (Å²) in [7, 11) is 0. The molecule has 1 N–H and O–H groups in total. The van der Waals surface area contributed by atoms with Crippen LogP contribution in [-0.4, -0.2) is 23.2 Å². The van der Waals surface area contributed by atoms with Gasteiger partial charge in [-0.1, -0.05) is 29.8 Å². The maximum absolute atomic E-state index is 12.8. The van der Waals surface area contributed by atoms with E-state index in [0.717, 1.165) is 11.0 Å². The molecule has 0 radical (unpaired) electrons. The third kappa shape index (κ3) is 2.73. The molecule has 0 unspecified atom stereocenters. The van der Waals surface area contributed by atoms with E-state index in [-0.39, 0.29) is 5.91 Å². The van der Waals surface area contributed by atoms with Gasteiger partial charge in [-0.25, -0.2) is 4.79 Å². The smallest absolute Gasteiger partial charge is 0.330 e. The van der Waals surface area contributed by atoms with Gasteiger partial charge in [-0.3, -0.25) is 9.69 Å². The first-order valence-electron chi connectivity index (χ1n) is 6.75. The normalized spacial score (nSPS) is 15.1. The van der Waals surface area contributed by atoms with Crippen LogP contribution in [0.4, 0.5) is 5.69 Å². The van der Waals surface area contributed by atoms with Gasteiger partial charge >= 0.3 is 5.97 Å². The van der Waals surface area contributed by atoms with Gasteiger partial charge in [0.2, 0.25) is 0 Å². The summed E-state index contributed by atoms with van der Waals surface area (Å²) >= 11 is 7.47. The van der Waals surface area contributed by atoms with Crippen molar-refractivity contribution >= 4 is 46.6 Å². The molecule has 0 bridgehead atoms. The van der Waals surface area contributed by atoms with E-state index in [1.165, 1.54) is 16.7 Å². The molecule has 2 aromatic carbocycles. The van der Waals surface area contributed by atoms with Crippen LogP contribution in [0.3, 0.4) is 0 Å². The quantitative estimate of drug-likeness (QED) is 0.670. The number of thioether (sulfide) groups is 1. The van der Waals surface area contributed by atoms with E-state index in [0.29, 0.717) is 27.5 Å². The van der Waals surface area contributed by atoms with Crippen molar-refractivity contribution in [2.45, 2.75) is 4.90 Å². The molecule has 0 aromatic heterocycles. The predicted octanol–water partition coefficient (Wildman–Crippen LogP) is 4.15. The Morgan fingerprint density at radius 2 is 1.91 bits per heavy atom. The summed E-state index contributed by atoms with van der Waals surface area (Å²) in [6.07, 6.45) is 2.94. The van der Waals surface area contributed by atoms with E-state index in [2.05, 4.69) is 0 Å². The first-order valence-corrected chi connectivity index (χ1v) is 8.35. The van der Waals surface area contributed by atoms with Crippen molar-refractivity contribution in [3.05, 3.63) is 64.7 Å². The van der Waals surface area contributed by atoms with E-state index >= 15 is 0 Å². The molecule has 0 fully saturated rings. The van der Waals surface area contributed by atoms with Crippen LogP contribution < -0.4 is 4.90 Å². The molecule has 0 saturated carbocycles. The zero-order chi connectivity index (χ0) is 16.6. The number of anilines is 1. The molecule has 116 valence electrons. The average Bonchev–Trinajstić information content (AvgIpc) is 2.80. The fourth-order valence-corrected chi connectivity index (χ4v) is 3.43. The van der Waals surface area contributed by atoms with Crippen LogP contribution >= 0.6 is 23.4 Å². The Bertz CT molecular complexity index is 847. The first-order chi connectivity index (χ1) is 11.0. The number of amides is 1. The number of benzene rings is 2. The van der Waals surface area contributed by atoms with Crippen LogP contribution in [0.5, 0.6) is 0 Å². The molecule has 6 heteroatoms. The summed E-state index contributed by atoms with van der Waals surface area (Å²) in [5.74, 6) is -1.35. The second kappa shape index (κ2) is 6.10. The molecule has 0 spiro atoms. The van der Waals surface area contributed by atoms with Crippen molar-refractivity contribution < 1.29 is 14.7 Å². The number of carbonyl (C=O) groups is 2. The van der Waals surface area contributed by atoms with Crippen LogP contribution in [-0.2, 0) is 4.79 Å². The van der Waals surface area contributed by atoms with Gasteiger partial charge in [0, 0.05) is 27.1 Å². The van der Waals surface area contributed by atoms with E-state index < -0.39 is 5.97 Å². The SMILES string of the molecule is CSc1cc(Cl)ccc1N1C(=O)c2ccccc2/C1=C\C(=O)O. The molecule has 1 aliphatic heterocycles. The standard InChI is InChI=1S/C17H12ClNO3S/c1-23-15-8-10(18)6-7-13(15)19-14(9-16(20)21)11-4-2-3-5-12(11)17(19)22/h2-9H,1H3,(H,20,21)/b14-9+. The Morgan fingerprint density at radius 3 is 2.57 bits per heavy atom. The number of carbonyl (C=O) groups excluding carboxylic acids is 1. The molecule has 1 aliphatic rings. The third-order valence-electron chi connectivity index (χ3n) is 3.52. The number of halogens is 1. The molecule has 23 heavy (non-hydrogen) atoms. The maximum Gasteiger partial charge on any atom is 0.330 e. The van der Waals surface area contributed by atoms with Gasteiger partial charge in [0.25, 0.3) is 5.91 Å². The van der Waals surface area contributed by atoms with E-state index in [4.69, 9.17) is 11.6 Å². The lowest BCUT2D eigenvalue weighted by molar-refractivity contribution is -0.131. The fraction of sp³-hybridized carbons (Fsp3) is 0.0588. The summed E-state index contributed by atoms with van der Waals surface area (Å²) in [5.41, 5.74) is 2.08. The highest BCUT2D eigenvalue weighted by Crippen LogP contribution is 2.41. The minimum absolute atomic E-state index is 0.245. The zero-order valence-corrected chi connectivity index (χ0v) is 13.7. The second-order valence-corrected chi connectivity index (χ2v) is 6.15. The van der Waals surface area contributed by atoms with Crippen LogP contribution in [0, 0.1) is 0 Å². The molecular formula is C17H12ClNO3S. The van der Waals surface area contributed by atoms with E-state index in [1.54, 1.807) is 42.5 Å². The number of fused-ring (bicyclic) bond motifs is 1. The van der Waals surface area contributed by atoms with Gasteiger partial charge in [-0.05, 0) is 30.5 Å². The van der Waals surface area contributed by atoms with Crippen LogP contribution in [0.1, 0.15) is 15.9 Å². The van der Waals surface area contributed by atoms with Gasteiger partial charge in [-0.2, -0.15) is 0 Å². The Hall–Kier alpha value is -2.24. The maximum atomic E-state index is 12.8. The number of rotatable bonds is 3. The Balaban J connectivity index is 2.23. The van der Waals surface area contributed by atoms with Crippen LogP contribution in [0.15, 0.2) is 53.4 Å². The van der Waals surface area contributed by atoms with Crippen molar-refractivity contribution in [3.63, 3.8) is 0 Å². The number of hydrogen-bond acceptors (Lipinski definition) is 3. The van der Waals surface area contributed by atoms with E-state index in [1.807, 2.05) is 6.26 Å². The minimum Gasteiger partial charge on any atom is -0.478 e. The van der Waals surface area contributed by atoms with Gasteiger partial charge < -0.3 is 5.11 Å². The number of hydrogen-bond donors (Lipinski definition) is 1. The molecule has 0 aliphatic carbocycles. The largest absolute Gasteiger partial charge is 0.478 e. The third-order valence-corrected chi connectivity index (χ3v) is 4.52. The highest BCUT2D eigenvalue weighted by atomic mass is 35.5. The fourth-order valence-electron chi connectivity index (χ4n) is 2.58. The van der Waals surface area contributed by atoms with Gasteiger partial charge in [0.15, 0.2) is 0 Å². The van der Waals surface area contributed by atoms with Gasteiger partial charge in [0.1, 0.15) is 0 Å². The molecular weight excluding hydrogens is 334 g/mol. The van der Waals surface area contributed by atoms with Crippen LogP contribution in [0.25, 0.3) is 5.70 Å². The highest BCUT2D eigenvalue weighted by molar-refractivity contribution is 7.98. The first kappa shape index (κ1) is 15.6. The summed E-state index contributed by atoms with van der Waals surface area (Å²) in [6.45, 7) is 0. The summed E-state index contributed by atoms with van der Waals surface area (Å²) in [5, 5.41) is 9.74. The number of aliphatic carboxylic acids is 1. The number of nitrogens with zero attached hydrogens (tertiary/aromatic N) is 1. The van der Waals surface area contributed by atoms with Crippen molar-refractivity contribution in [2.24, 2.45) is 0 Å². The van der Waals surface area contributed by atoms with Gasteiger partial charge in [-0.15, -0.1) is 11.8 Å². The van der Waals surface area contributed by atoms with Crippen molar-refractivity contribution in [2.75, 3.05) is 11.2 Å². The van der Waals surface area contributed by atoms with Crippen LogP contribution in [0.2, 0.25) is 5.02 Å². The lowest BCUT2D eigenvalue weighted by Gasteiger charge is -2.21. The average molecular weight is 346 g/mol. The number of carboxylic acid groups (broad SMARTS) is 1. The highest BCUT2D eigenvalue weighted by Gasteiger charge is 2.34. The Kier molecular flexibility index (Phi) is 4.15. The molecule has 0 atom stereocenters. The zero-order valence-electron chi connectivity index (χ0n) is 12.1. The van der Waals surface area contributed by atoms with Crippen molar-refractivity contribution in [1.29, 1.82) is 0 Å². The Labute approximate surface area is 142 Å².